The summed E-state index contributed by atoms with van der Waals surface area (Å²) in [5.41, 5.74) is 8.13. The van der Waals surface area contributed by atoms with Gasteiger partial charge in [-0.25, -0.2) is 0 Å². The molecule has 1 heterocycles. The first-order valence-corrected chi connectivity index (χ1v) is 7.73. The third-order valence-corrected chi connectivity index (χ3v) is 4.32. The number of nitrogens with two attached hydrogens (primary N) is 1. The quantitative estimate of drug-likeness (QED) is 0.801. The number of hydrogen-bond acceptors (Lipinski definition) is 3. The summed E-state index contributed by atoms with van der Waals surface area (Å²) in [7, 11) is 0. The zero-order valence-corrected chi connectivity index (χ0v) is 12.1. The molecule has 1 aliphatic rings. The molecule has 1 aromatic heterocycles. The van der Waals surface area contributed by atoms with Crippen LogP contribution >= 0.6 is 0 Å². The fourth-order valence-electron chi connectivity index (χ4n) is 3.23. The maximum Gasteiger partial charge on any atom is 0.0378 e. The molecular weight excluding hydrogens is 234 g/mol. The van der Waals surface area contributed by atoms with Crippen molar-refractivity contribution in [1.29, 1.82) is 0 Å². The minimum Gasteiger partial charge on any atom is -0.398 e. The third-order valence-electron chi connectivity index (χ3n) is 4.32. The third kappa shape index (κ3) is 4.20. The number of hydrogen-bond donors (Lipinski definition) is 2. The van der Waals surface area contributed by atoms with Gasteiger partial charge in [-0.05, 0) is 43.4 Å². The molecule has 3 N–H and O–H groups in total. The smallest absolute Gasteiger partial charge is 0.0378 e. The first-order valence-electron chi connectivity index (χ1n) is 7.73. The highest BCUT2D eigenvalue weighted by Crippen LogP contribution is 2.27. The average Bonchev–Trinajstić information content (AvgIpc) is 2.69. The monoisotopic (exact) mass is 261 g/mol. The Morgan fingerprint density at radius 2 is 2.05 bits per heavy atom. The standard InChI is InChI=1S/C16H27N3/c1-2-19-16(13-7-5-3-4-6-8-13)11-14-12-18-10-9-15(14)17/h9-10,12-13,16,19H,2-8,11H2,1H3,(H2,17,18). The normalized spacial score (nSPS) is 19.0. The van der Waals surface area contributed by atoms with Gasteiger partial charge >= 0.3 is 0 Å². The minimum atomic E-state index is 0.551. The fourth-order valence-corrected chi connectivity index (χ4v) is 3.23. The van der Waals surface area contributed by atoms with Gasteiger partial charge in [0.2, 0.25) is 0 Å². The van der Waals surface area contributed by atoms with E-state index in [1.54, 1.807) is 6.20 Å². The van der Waals surface area contributed by atoms with E-state index in [0.717, 1.165) is 24.6 Å². The lowest BCUT2D eigenvalue weighted by atomic mass is 9.87. The summed E-state index contributed by atoms with van der Waals surface area (Å²) >= 11 is 0. The Labute approximate surface area is 117 Å². The molecule has 19 heavy (non-hydrogen) atoms. The molecule has 3 heteroatoms. The molecule has 1 unspecified atom stereocenters. The molecule has 1 aromatic rings. The topological polar surface area (TPSA) is 50.9 Å². The van der Waals surface area contributed by atoms with E-state index in [4.69, 9.17) is 5.73 Å². The van der Waals surface area contributed by atoms with E-state index >= 15 is 0 Å². The van der Waals surface area contributed by atoms with Crippen LogP contribution in [0.5, 0.6) is 0 Å². The molecule has 0 bridgehead atoms. The van der Waals surface area contributed by atoms with E-state index < -0.39 is 0 Å². The Morgan fingerprint density at radius 1 is 1.32 bits per heavy atom. The second kappa shape index (κ2) is 7.49. The van der Waals surface area contributed by atoms with E-state index in [2.05, 4.69) is 17.2 Å². The van der Waals surface area contributed by atoms with Gasteiger partial charge in [0.25, 0.3) is 0 Å². The molecule has 0 radical (unpaired) electrons. The van der Waals surface area contributed by atoms with Gasteiger partial charge in [0, 0.05) is 24.1 Å². The van der Waals surface area contributed by atoms with Gasteiger partial charge < -0.3 is 11.1 Å². The summed E-state index contributed by atoms with van der Waals surface area (Å²) in [5.74, 6) is 0.794. The van der Waals surface area contributed by atoms with Crippen LogP contribution < -0.4 is 11.1 Å². The number of rotatable bonds is 5. The van der Waals surface area contributed by atoms with Crippen LogP contribution in [0.4, 0.5) is 5.69 Å². The number of anilines is 1. The molecule has 1 aliphatic carbocycles. The van der Waals surface area contributed by atoms with Crippen LogP contribution in [0.15, 0.2) is 18.5 Å². The Bertz CT molecular complexity index is 370. The van der Waals surface area contributed by atoms with Gasteiger partial charge in [0.05, 0.1) is 0 Å². The molecule has 1 atom stereocenters. The van der Waals surface area contributed by atoms with E-state index in [0.29, 0.717) is 6.04 Å². The maximum absolute atomic E-state index is 6.06. The fraction of sp³-hybridized carbons (Fsp3) is 0.688. The van der Waals surface area contributed by atoms with Crippen molar-refractivity contribution in [2.75, 3.05) is 12.3 Å². The lowest BCUT2D eigenvalue weighted by Crippen LogP contribution is -2.38. The Hall–Kier alpha value is -1.09. The molecule has 1 saturated carbocycles. The Kier molecular flexibility index (Phi) is 5.64. The second-order valence-electron chi connectivity index (χ2n) is 5.69. The maximum atomic E-state index is 6.06. The van der Waals surface area contributed by atoms with Crippen LogP contribution in [-0.2, 0) is 6.42 Å². The van der Waals surface area contributed by atoms with Crippen molar-refractivity contribution in [2.45, 2.75) is 57.9 Å². The van der Waals surface area contributed by atoms with E-state index in [9.17, 15) is 0 Å². The highest BCUT2D eigenvalue weighted by molar-refractivity contribution is 5.44. The van der Waals surface area contributed by atoms with Gasteiger partial charge in [0.1, 0.15) is 0 Å². The number of pyridine rings is 1. The summed E-state index contributed by atoms with van der Waals surface area (Å²) in [6.45, 7) is 3.22. The molecule has 0 amide bonds. The molecule has 2 rings (SSSR count). The summed E-state index contributed by atoms with van der Waals surface area (Å²) in [6, 6.07) is 2.46. The summed E-state index contributed by atoms with van der Waals surface area (Å²) in [5, 5.41) is 3.67. The number of likely N-dealkylation sites (N-methyl/N-ethyl adjacent to an activating group) is 1. The van der Waals surface area contributed by atoms with E-state index in [1.165, 1.54) is 44.1 Å². The van der Waals surface area contributed by atoms with Crippen molar-refractivity contribution in [3.8, 4) is 0 Å². The van der Waals surface area contributed by atoms with E-state index in [1.807, 2.05) is 12.3 Å². The molecule has 3 nitrogen and oxygen atoms in total. The lowest BCUT2D eigenvalue weighted by Gasteiger charge is -2.27. The van der Waals surface area contributed by atoms with E-state index in [-0.39, 0.29) is 0 Å². The SMILES string of the molecule is CCNC(Cc1cnccc1N)C1CCCCCC1. The first kappa shape index (κ1) is 14.3. The van der Waals surface area contributed by atoms with Gasteiger partial charge in [-0.3, -0.25) is 4.98 Å². The van der Waals surface area contributed by atoms with Crippen LogP contribution in [0.1, 0.15) is 51.0 Å². The average molecular weight is 261 g/mol. The number of nitrogens with one attached hydrogen (secondary N) is 1. The highest BCUT2D eigenvalue weighted by Gasteiger charge is 2.22. The van der Waals surface area contributed by atoms with Crippen LogP contribution in [0, 0.1) is 5.92 Å². The molecule has 106 valence electrons. The number of nitrogens with zero attached hydrogens (tertiary/aromatic N) is 1. The van der Waals surface area contributed by atoms with Gasteiger partial charge in [-0.2, -0.15) is 0 Å². The van der Waals surface area contributed by atoms with Crippen molar-refractivity contribution in [1.82, 2.24) is 10.3 Å². The zero-order chi connectivity index (χ0) is 13.5. The van der Waals surface area contributed by atoms with Crippen molar-refractivity contribution in [3.05, 3.63) is 24.0 Å². The molecule has 0 spiro atoms. The lowest BCUT2D eigenvalue weighted by molar-refractivity contribution is 0.321. The van der Waals surface area contributed by atoms with Crippen molar-refractivity contribution in [3.63, 3.8) is 0 Å². The van der Waals surface area contributed by atoms with Crippen LogP contribution in [0.3, 0.4) is 0 Å². The summed E-state index contributed by atoms with van der Waals surface area (Å²) in [6.07, 6.45) is 13.0. The van der Waals surface area contributed by atoms with Gasteiger partial charge in [-0.15, -0.1) is 0 Å². The number of aromatic nitrogens is 1. The van der Waals surface area contributed by atoms with Crippen LogP contribution in [0.25, 0.3) is 0 Å². The van der Waals surface area contributed by atoms with Crippen LogP contribution in [-0.4, -0.2) is 17.6 Å². The van der Waals surface area contributed by atoms with Crippen LogP contribution in [0.2, 0.25) is 0 Å². The Balaban J connectivity index is 2.04. The summed E-state index contributed by atoms with van der Waals surface area (Å²) in [4.78, 5) is 4.21. The molecule has 0 aliphatic heterocycles. The predicted molar refractivity (Wildman–Crippen MR) is 81.0 cm³/mol. The molecular formula is C16H27N3. The van der Waals surface area contributed by atoms with Crippen molar-refractivity contribution in [2.24, 2.45) is 5.92 Å². The highest BCUT2D eigenvalue weighted by atomic mass is 14.9. The van der Waals surface area contributed by atoms with Crippen molar-refractivity contribution < 1.29 is 0 Å². The Morgan fingerprint density at radius 3 is 2.68 bits per heavy atom. The molecule has 0 saturated heterocycles. The van der Waals surface area contributed by atoms with Gasteiger partial charge in [0.15, 0.2) is 0 Å². The van der Waals surface area contributed by atoms with Gasteiger partial charge in [-0.1, -0.05) is 32.6 Å². The first-order chi connectivity index (χ1) is 9.31. The summed E-state index contributed by atoms with van der Waals surface area (Å²) < 4.78 is 0. The van der Waals surface area contributed by atoms with Crippen molar-refractivity contribution >= 4 is 5.69 Å². The minimum absolute atomic E-state index is 0.551. The molecule has 0 aromatic carbocycles. The zero-order valence-electron chi connectivity index (χ0n) is 12.1. The largest absolute Gasteiger partial charge is 0.398 e. The number of nitrogen functional groups attached to an aromatic ring is 1. The molecule has 1 fully saturated rings. The second-order valence-corrected chi connectivity index (χ2v) is 5.69. The predicted octanol–water partition coefficient (Wildman–Crippen LogP) is 3.15.